The summed E-state index contributed by atoms with van der Waals surface area (Å²) >= 11 is 0. The Morgan fingerprint density at radius 3 is 2.15 bits per heavy atom. The standard InChI is InChI=1S/C31H20N2/c1-3-9-21(10-4-1)23-17-18-24-20-32-30-26-15-7-11-22-12-8-16-28(29(22)26)33(31(30)27(24)19-23)25-13-5-2-6-14-25/h1-20H. The maximum atomic E-state index is 5.01. The maximum absolute atomic E-state index is 5.01. The predicted molar refractivity (Wildman–Crippen MR) is 138 cm³/mol. The van der Waals surface area contributed by atoms with E-state index in [1.807, 2.05) is 6.20 Å². The number of hydrogen-bond donors (Lipinski definition) is 0. The third kappa shape index (κ3) is 2.71. The van der Waals surface area contributed by atoms with Crippen molar-refractivity contribution in [2.24, 2.45) is 0 Å². The van der Waals surface area contributed by atoms with Crippen molar-refractivity contribution in [3.05, 3.63) is 121 Å². The molecule has 6 aromatic rings. The Kier molecular flexibility index (Phi) is 3.88. The van der Waals surface area contributed by atoms with Crippen molar-refractivity contribution >= 4 is 38.6 Å². The van der Waals surface area contributed by atoms with E-state index < -0.39 is 0 Å². The molecule has 0 saturated heterocycles. The number of nitrogens with zero attached hydrogens (tertiary/aromatic N) is 2. The van der Waals surface area contributed by atoms with Crippen LogP contribution in [0.5, 0.6) is 0 Å². The molecule has 0 unspecified atom stereocenters. The molecule has 33 heavy (non-hydrogen) atoms. The molecule has 1 aliphatic rings. The third-order valence-electron chi connectivity index (χ3n) is 6.59. The van der Waals surface area contributed by atoms with E-state index in [1.165, 1.54) is 38.5 Å². The number of fused-ring (bicyclic) bond motifs is 4. The molecule has 0 fully saturated rings. The van der Waals surface area contributed by atoms with Gasteiger partial charge in [-0.05, 0) is 40.8 Å². The van der Waals surface area contributed by atoms with E-state index in [4.69, 9.17) is 4.98 Å². The molecule has 2 heteroatoms. The molecule has 0 spiro atoms. The lowest BCUT2D eigenvalue weighted by atomic mass is 9.91. The number of para-hydroxylation sites is 1. The fourth-order valence-electron chi connectivity index (χ4n) is 5.10. The Bertz CT molecular complexity index is 1650. The van der Waals surface area contributed by atoms with Gasteiger partial charge in [0.15, 0.2) is 0 Å². The Balaban J connectivity index is 1.62. The van der Waals surface area contributed by atoms with Gasteiger partial charge in [-0.25, -0.2) is 0 Å². The minimum atomic E-state index is 1.03. The lowest BCUT2D eigenvalue weighted by molar-refractivity contribution is 1.25. The summed E-state index contributed by atoms with van der Waals surface area (Å²) in [6, 6.07) is 41.0. The molecule has 1 aromatic heterocycles. The molecule has 0 aliphatic carbocycles. The van der Waals surface area contributed by atoms with Crippen molar-refractivity contribution in [1.29, 1.82) is 0 Å². The van der Waals surface area contributed by atoms with Crippen LogP contribution in [-0.4, -0.2) is 4.98 Å². The summed E-state index contributed by atoms with van der Waals surface area (Å²) in [5, 5.41) is 4.83. The smallest absolute Gasteiger partial charge is 0.0956 e. The average Bonchev–Trinajstić information content (AvgIpc) is 2.90. The second-order valence-electron chi connectivity index (χ2n) is 8.48. The van der Waals surface area contributed by atoms with Gasteiger partial charge in [0.05, 0.1) is 17.1 Å². The van der Waals surface area contributed by atoms with Gasteiger partial charge in [0.1, 0.15) is 0 Å². The molecule has 154 valence electrons. The molecule has 7 rings (SSSR count). The molecule has 0 radical (unpaired) electrons. The van der Waals surface area contributed by atoms with Gasteiger partial charge < -0.3 is 4.90 Å². The van der Waals surface area contributed by atoms with E-state index in [-0.39, 0.29) is 0 Å². The van der Waals surface area contributed by atoms with Gasteiger partial charge in [-0.1, -0.05) is 91.0 Å². The first-order chi connectivity index (χ1) is 16.4. The quantitative estimate of drug-likeness (QED) is 0.279. The van der Waals surface area contributed by atoms with Crippen LogP contribution in [0.2, 0.25) is 0 Å². The molecular weight excluding hydrogens is 400 g/mol. The van der Waals surface area contributed by atoms with Gasteiger partial charge in [-0.15, -0.1) is 0 Å². The van der Waals surface area contributed by atoms with Crippen molar-refractivity contribution < 1.29 is 0 Å². The highest BCUT2D eigenvalue weighted by Gasteiger charge is 2.28. The molecule has 0 atom stereocenters. The number of hydrogen-bond acceptors (Lipinski definition) is 2. The first-order valence-electron chi connectivity index (χ1n) is 11.2. The fourth-order valence-corrected chi connectivity index (χ4v) is 5.10. The first-order valence-corrected chi connectivity index (χ1v) is 11.2. The maximum Gasteiger partial charge on any atom is 0.0956 e. The summed E-state index contributed by atoms with van der Waals surface area (Å²) < 4.78 is 0. The minimum Gasteiger partial charge on any atom is -0.307 e. The van der Waals surface area contributed by atoms with Gasteiger partial charge in [0, 0.05) is 33.6 Å². The largest absolute Gasteiger partial charge is 0.307 e. The van der Waals surface area contributed by atoms with E-state index in [2.05, 4.69) is 120 Å². The second kappa shape index (κ2) is 7.04. The van der Waals surface area contributed by atoms with Crippen molar-refractivity contribution in [2.45, 2.75) is 0 Å². The predicted octanol–water partition coefficient (Wildman–Crippen LogP) is 8.51. The molecule has 0 amide bonds. The first kappa shape index (κ1) is 18.2. The van der Waals surface area contributed by atoms with Crippen LogP contribution in [0.3, 0.4) is 0 Å². The van der Waals surface area contributed by atoms with E-state index in [0.717, 1.165) is 22.5 Å². The zero-order chi connectivity index (χ0) is 21.8. The highest BCUT2D eigenvalue weighted by molar-refractivity contribution is 6.18. The highest BCUT2D eigenvalue weighted by Crippen LogP contribution is 2.52. The Hall–Kier alpha value is -4.43. The molecule has 5 aromatic carbocycles. The van der Waals surface area contributed by atoms with Gasteiger partial charge in [-0.3, -0.25) is 4.98 Å². The Labute approximate surface area is 192 Å². The highest BCUT2D eigenvalue weighted by atomic mass is 15.2. The summed E-state index contributed by atoms with van der Waals surface area (Å²) in [4.78, 5) is 7.39. The van der Waals surface area contributed by atoms with E-state index in [9.17, 15) is 0 Å². The van der Waals surface area contributed by atoms with Crippen LogP contribution in [0.4, 0.5) is 17.1 Å². The van der Waals surface area contributed by atoms with Crippen molar-refractivity contribution in [1.82, 2.24) is 4.98 Å². The van der Waals surface area contributed by atoms with E-state index in [0.29, 0.717) is 0 Å². The Morgan fingerprint density at radius 1 is 0.576 bits per heavy atom. The molecule has 2 nitrogen and oxygen atoms in total. The van der Waals surface area contributed by atoms with Crippen LogP contribution >= 0.6 is 0 Å². The van der Waals surface area contributed by atoms with Crippen LogP contribution in [0, 0.1) is 0 Å². The van der Waals surface area contributed by atoms with Crippen LogP contribution in [0.15, 0.2) is 121 Å². The van der Waals surface area contributed by atoms with Crippen LogP contribution < -0.4 is 4.90 Å². The summed E-state index contributed by atoms with van der Waals surface area (Å²) in [6.07, 6.45) is 2.01. The summed E-state index contributed by atoms with van der Waals surface area (Å²) in [5.41, 5.74) is 8.12. The zero-order valence-corrected chi connectivity index (χ0v) is 17.9. The van der Waals surface area contributed by atoms with E-state index >= 15 is 0 Å². The lowest BCUT2D eigenvalue weighted by Crippen LogP contribution is -2.16. The van der Waals surface area contributed by atoms with Gasteiger partial charge >= 0.3 is 0 Å². The molecule has 2 heterocycles. The van der Waals surface area contributed by atoms with Crippen molar-refractivity contribution in [3.63, 3.8) is 0 Å². The number of aromatic nitrogens is 1. The van der Waals surface area contributed by atoms with Gasteiger partial charge in [0.25, 0.3) is 0 Å². The molecule has 0 bridgehead atoms. The monoisotopic (exact) mass is 420 g/mol. The zero-order valence-electron chi connectivity index (χ0n) is 17.9. The van der Waals surface area contributed by atoms with Crippen LogP contribution in [0.1, 0.15) is 0 Å². The van der Waals surface area contributed by atoms with Gasteiger partial charge in [0.2, 0.25) is 0 Å². The Morgan fingerprint density at radius 2 is 1.33 bits per heavy atom. The van der Waals surface area contributed by atoms with Crippen LogP contribution in [-0.2, 0) is 0 Å². The molecule has 0 saturated carbocycles. The lowest BCUT2D eigenvalue weighted by Gasteiger charge is -2.34. The molecular formula is C31H20N2. The number of pyridine rings is 1. The number of benzene rings is 5. The summed E-state index contributed by atoms with van der Waals surface area (Å²) in [5.74, 6) is 0. The fraction of sp³-hybridized carbons (Fsp3) is 0. The molecule has 1 aliphatic heterocycles. The second-order valence-corrected chi connectivity index (χ2v) is 8.48. The topological polar surface area (TPSA) is 16.1 Å². The number of anilines is 3. The summed E-state index contributed by atoms with van der Waals surface area (Å²) in [7, 11) is 0. The SMILES string of the molecule is c1ccc(-c2ccc3cnc4c(c3c2)N(c2ccccc2)c2cccc3cccc-4c23)cc1. The van der Waals surface area contributed by atoms with E-state index in [1.54, 1.807) is 0 Å². The molecule has 0 N–H and O–H groups in total. The van der Waals surface area contributed by atoms with Crippen molar-refractivity contribution in [2.75, 3.05) is 4.90 Å². The summed E-state index contributed by atoms with van der Waals surface area (Å²) in [6.45, 7) is 0. The minimum absolute atomic E-state index is 1.03. The number of rotatable bonds is 2. The van der Waals surface area contributed by atoms with Crippen LogP contribution in [0.25, 0.3) is 43.9 Å². The average molecular weight is 421 g/mol. The van der Waals surface area contributed by atoms with Crippen molar-refractivity contribution in [3.8, 4) is 22.4 Å². The third-order valence-corrected chi connectivity index (χ3v) is 6.59. The van der Waals surface area contributed by atoms with Gasteiger partial charge in [-0.2, -0.15) is 0 Å². The normalized spacial score (nSPS) is 12.2.